The van der Waals surface area contributed by atoms with E-state index in [2.05, 4.69) is 5.32 Å². The number of aliphatic hydroxyl groups excluding tert-OH is 1. The molecule has 2 aromatic carbocycles. The third-order valence-electron chi connectivity index (χ3n) is 4.41. The minimum atomic E-state index is -0.331. The van der Waals surface area contributed by atoms with Crippen LogP contribution < -0.4 is 5.32 Å². The highest BCUT2D eigenvalue weighted by atomic mass is 19.1. The van der Waals surface area contributed by atoms with Gasteiger partial charge in [-0.25, -0.2) is 4.39 Å². The largest absolute Gasteiger partial charge is 0.396 e. The van der Waals surface area contributed by atoms with Gasteiger partial charge < -0.3 is 10.4 Å². The molecule has 1 aliphatic rings. The lowest BCUT2D eigenvalue weighted by Crippen LogP contribution is -2.32. The molecule has 1 fully saturated rings. The number of carbonyl (C=O) groups is 1. The van der Waals surface area contributed by atoms with Crippen LogP contribution in [0.25, 0.3) is 0 Å². The highest BCUT2D eigenvalue weighted by molar-refractivity contribution is 5.94. The zero-order valence-electron chi connectivity index (χ0n) is 12.1. The molecule has 0 spiro atoms. The monoisotopic (exact) mass is 299 g/mol. The summed E-state index contributed by atoms with van der Waals surface area (Å²) in [5.41, 5.74) is 1.28. The van der Waals surface area contributed by atoms with Gasteiger partial charge in [0.1, 0.15) is 5.82 Å². The summed E-state index contributed by atoms with van der Waals surface area (Å²) in [7, 11) is 0. The van der Waals surface area contributed by atoms with Gasteiger partial charge in [-0.3, -0.25) is 4.79 Å². The van der Waals surface area contributed by atoms with Gasteiger partial charge in [-0.2, -0.15) is 0 Å². The SMILES string of the molecule is O=C(NCC1(CO)CC1c1ccc(F)cc1)c1ccccc1. The summed E-state index contributed by atoms with van der Waals surface area (Å²) in [5, 5.41) is 12.6. The molecule has 2 atom stereocenters. The Labute approximate surface area is 128 Å². The molecule has 1 amide bonds. The van der Waals surface area contributed by atoms with Gasteiger partial charge in [0.25, 0.3) is 5.91 Å². The van der Waals surface area contributed by atoms with Gasteiger partial charge in [0.2, 0.25) is 0 Å². The third-order valence-corrected chi connectivity index (χ3v) is 4.41. The maximum Gasteiger partial charge on any atom is 0.251 e. The molecule has 2 N–H and O–H groups in total. The zero-order valence-corrected chi connectivity index (χ0v) is 12.1. The fourth-order valence-electron chi connectivity index (χ4n) is 2.89. The molecule has 0 saturated heterocycles. The Morgan fingerprint density at radius 1 is 1.18 bits per heavy atom. The predicted octanol–water partition coefficient (Wildman–Crippen LogP) is 2.72. The minimum absolute atomic E-state index is 0.00408. The van der Waals surface area contributed by atoms with Crippen LogP contribution in [0.1, 0.15) is 28.3 Å². The number of nitrogens with one attached hydrogen (secondary N) is 1. The zero-order chi connectivity index (χ0) is 15.6. The highest BCUT2D eigenvalue weighted by Gasteiger charge is 2.54. The maximum atomic E-state index is 13.0. The molecule has 3 rings (SSSR count). The molecule has 0 heterocycles. The van der Waals surface area contributed by atoms with Crippen molar-refractivity contribution in [3.05, 3.63) is 71.5 Å². The van der Waals surface area contributed by atoms with Crippen LogP contribution in [0.2, 0.25) is 0 Å². The van der Waals surface area contributed by atoms with Crippen LogP contribution in [0.5, 0.6) is 0 Å². The number of hydrogen-bond acceptors (Lipinski definition) is 2. The van der Waals surface area contributed by atoms with E-state index >= 15 is 0 Å². The number of aliphatic hydroxyl groups is 1. The first kappa shape index (κ1) is 14.7. The van der Waals surface area contributed by atoms with Crippen molar-refractivity contribution in [3.63, 3.8) is 0 Å². The molecule has 0 radical (unpaired) electrons. The standard InChI is InChI=1S/C18H18FNO2/c19-15-8-6-13(7-9-15)16-10-18(16,12-21)11-20-17(22)14-4-2-1-3-5-14/h1-9,16,21H,10-12H2,(H,20,22). The van der Waals surface area contributed by atoms with Crippen molar-refractivity contribution in [1.29, 1.82) is 0 Å². The van der Waals surface area contributed by atoms with E-state index in [1.165, 1.54) is 12.1 Å². The molecule has 0 bridgehead atoms. The normalized spacial score (nSPS) is 23.1. The van der Waals surface area contributed by atoms with Gasteiger partial charge in [-0.1, -0.05) is 30.3 Å². The van der Waals surface area contributed by atoms with Crippen molar-refractivity contribution < 1.29 is 14.3 Å². The number of rotatable bonds is 5. The summed E-state index contributed by atoms with van der Waals surface area (Å²) >= 11 is 0. The summed E-state index contributed by atoms with van der Waals surface area (Å²) in [4.78, 5) is 12.1. The molecule has 1 aliphatic carbocycles. The molecule has 4 heteroatoms. The van der Waals surface area contributed by atoms with E-state index in [4.69, 9.17) is 0 Å². The molecule has 2 aromatic rings. The number of carbonyl (C=O) groups excluding carboxylic acids is 1. The van der Waals surface area contributed by atoms with E-state index in [0.29, 0.717) is 12.1 Å². The lowest BCUT2D eigenvalue weighted by Gasteiger charge is -2.16. The number of amides is 1. The van der Waals surface area contributed by atoms with Gasteiger partial charge in [0, 0.05) is 17.5 Å². The van der Waals surface area contributed by atoms with Crippen LogP contribution in [-0.2, 0) is 0 Å². The van der Waals surface area contributed by atoms with Crippen molar-refractivity contribution in [1.82, 2.24) is 5.32 Å². The topological polar surface area (TPSA) is 49.3 Å². The molecular formula is C18H18FNO2. The quantitative estimate of drug-likeness (QED) is 0.892. The third kappa shape index (κ3) is 2.88. The van der Waals surface area contributed by atoms with Crippen LogP contribution in [0.15, 0.2) is 54.6 Å². The Kier molecular flexibility index (Phi) is 3.94. The second-order valence-corrected chi connectivity index (χ2v) is 5.88. The highest BCUT2D eigenvalue weighted by Crippen LogP contribution is 2.58. The first-order chi connectivity index (χ1) is 10.6. The average molecular weight is 299 g/mol. The van der Waals surface area contributed by atoms with Crippen LogP contribution >= 0.6 is 0 Å². The predicted molar refractivity (Wildman–Crippen MR) is 82.1 cm³/mol. The number of halogens is 1. The van der Waals surface area contributed by atoms with E-state index in [-0.39, 0.29) is 29.7 Å². The fraction of sp³-hybridized carbons (Fsp3) is 0.278. The second-order valence-electron chi connectivity index (χ2n) is 5.88. The van der Waals surface area contributed by atoms with Crippen molar-refractivity contribution >= 4 is 5.91 Å². The summed E-state index contributed by atoms with van der Waals surface area (Å²) < 4.78 is 13.0. The van der Waals surface area contributed by atoms with Gasteiger partial charge in [-0.15, -0.1) is 0 Å². The lowest BCUT2D eigenvalue weighted by atomic mass is 9.99. The van der Waals surface area contributed by atoms with Crippen LogP contribution in [-0.4, -0.2) is 24.2 Å². The second kappa shape index (κ2) is 5.89. The van der Waals surface area contributed by atoms with Crippen molar-refractivity contribution in [2.24, 2.45) is 5.41 Å². The smallest absolute Gasteiger partial charge is 0.251 e. The summed E-state index contributed by atoms with van der Waals surface area (Å²) in [6, 6.07) is 15.3. The first-order valence-electron chi connectivity index (χ1n) is 7.34. The molecular weight excluding hydrogens is 281 g/mol. The molecule has 0 aliphatic heterocycles. The molecule has 114 valence electrons. The van der Waals surface area contributed by atoms with E-state index < -0.39 is 0 Å². The Morgan fingerprint density at radius 2 is 1.86 bits per heavy atom. The molecule has 22 heavy (non-hydrogen) atoms. The maximum absolute atomic E-state index is 13.0. The van der Waals surface area contributed by atoms with Crippen molar-refractivity contribution in [2.45, 2.75) is 12.3 Å². The molecule has 3 nitrogen and oxygen atoms in total. The number of benzene rings is 2. The van der Waals surface area contributed by atoms with Gasteiger partial charge >= 0.3 is 0 Å². The number of hydrogen-bond donors (Lipinski definition) is 2. The van der Waals surface area contributed by atoms with Gasteiger partial charge in [0.15, 0.2) is 0 Å². The van der Waals surface area contributed by atoms with Gasteiger partial charge in [-0.05, 0) is 42.2 Å². The summed E-state index contributed by atoms with van der Waals surface area (Å²) in [6.45, 7) is 0.420. The Balaban J connectivity index is 1.64. The molecule has 1 saturated carbocycles. The minimum Gasteiger partial charge on any atom is -0.396 e. The van der Waals surface area contributed by atoms with Crippen LogP contribution in [0, 0.1) is 11.2 Å². The van der Waals surface area contributed by atoms with E-state index in [1.807, 2.05) is 18.2 Å². The Morgan fingerprint density at radius 3 is 2.50 bits per heavy atom. The van der Waals surface area contributed by atoms with Crippen LogP contribution in [0.4, 0.5) is 4.39 Å². The van der Waals surface area contributed by atoms with Gasteiger partial charge in [0.05, 0.1) is 6.61 Å². The Bertz CT molecular complexity index is 657. The average Bonchev–Trinajstić information content (AvgIpc) is 3.29. The van der Waals surface area contributed by atoms with E-state index in [0.717, 1.165) is 12.0 Å². The Hall–Kier alpha value is -2.20. The summed E-state index contributed by atoms with van der Waals surface area (Å²) in [5.74, 6) is -0.247. The van der Waals surface area contributed by atoms with Crippen LogP contribution in [0.3, 0.4) is 0 Å². The summed E-state index contributed by atoms with van der Waals surface area (Å²) in [6.07, 6.45) is 0.796. The van der Waals surface area contributed by atoms with Crippen molar-refractivity contribution in [3.8, 4) is 0 Å². The first-order valence-corrected chi connectivity index (χ1v) is 7.34. The molecule has 0 aromatic heterocycles. The fourth-order valence-corrected chi connectivity index (χ4v) is 2.89. The van der Waals surface area contributed by atoms with Crippen molar-refractivity contribution in [2.75, 3.05) is 13.2 Å². The van der Waals surface area contributed by atoms with E-state index in [9.17, 15) is 14.3 Å². The molecule has 2 unspecified atom stereocenters. The lowest BCUT2D eigenvalue weighted by molar-refractivity contribution is 0.0934. The van der Waals surface area contributed by atoms with E-state index in [1.54, 1.807) is 24.3 Å².